The summed E-state index contributed by atoms with van der Waals surface area (Å²) < 4.78 is 32.5. The molecular weight excluding hydrogens is 258 g/mol. The smallest absolute Gasteiger partial charge is 0.229 e. The maximum Gasteiger partial charge on any atom is 0.229 e. The van der Waals surface area contributed by atoms with Crippen molar-refractivity contribution in [3.05, 3.63) is 17.2 Å². The van der Waals surface area contributed by atoms with Crippen LogP contribution < -0.4 is 4.72 Å². The van der Waals surface area contributed by atoms with E-state index < -0.39 is 10.0 Å². The molecule has 0 fully saturated rings. The van der Waals surface area contributed by atoms with Gasteiger partial charge in [0.05, 0.1) is 28.7 Å². The third-order valence-corrected chi connectivity index (χ3v) is 3.10. The lowest BCUT2D eigenvalue weighted by Crippen LogP contribution is -2.10. The Bertz CT molecular complexity index is 608. The number of aromatic nitrogens is 2. The number of sulfonamides is 1. The van der Waals surface area contributed by atoms with E-state index in [1.165, 1.54) is 0 Å². The third kappa shape index (κ3) is 2.19. The Labute approximate surface area is 95.5 Å². The average molecular weight is 264 g/mol. The van der Waals surface area contributed by atoms with E-state index in [-0.39, 0.29) is 5.69 Å². The van der Waals surface area contributed by atoms with Gasteiger partial charge in [-0.05, 0) is 12.1 Å². The molecule has 1 N–H and O–H groups in total. The van der Waals surface area contributed by atoms with Crippen molar-refractivity contribution >= 4 is 50.1 Å². The number of fused-ring (bicyclic) bond motifs is 1. The molecule has 2 aromatic rings. The van der Waals surface area contributed by atoms with E-state index in [1.807, 2.05) is 0 Å². The summed E-state index contributed by atoms with van der Waals surface area (Å²) in [5.41, 5.74) is 1.37. The number of halogens is 1. The molecule has 2 rings (SSSR count). The fraction of sp³-hybridized carbons (Fsp3) is 0.143. The largest absolute Gasteiger partial charge is 0.280 e. The van der Waals surface area contributed by atoms with Crippen molar-refractivity contribution in [3.8, 4) is 0 Å². The van der Waals surface area contributed by atoms with Crippen LogP contribution in [-0.2, 0) is 10.0 Å². The van der Waals surface area contributed by atoms with Gasteiger partial charge in [0.25, 0.3) is 0 Å². The molecule has 80 valence electrons. The van der Waals surface area contributed by atoms with E-state index in [1.54, 1.807) is 12.1 Å². The molecule has 0 aliphatic carbocycles. The Kier molecular flexibility index (Phi) is 2.53. The maximum atomic E-state index is 11.1. The minimum absolute atomic E-state index is 0.283. The highest BCUT2D eigenvalue weighted by atomic mass is 35.5. The quantitative estimate of drug-likeness (QED) is 0.895. The van der Waals surface area contributed by atoms with Crippen LogP contribution >= 0.6 is 23.3 Å². The summed E-state index contributed by atoms with van der Waals surface area (Å²) in [4.78, 5) is 0. The van der Waals surface area contributed by atoms with Gasteiger partial charge in [0.15, 0.2) is 0 Å². The first-order valence-corrected chi connectivity index (χ1v) is 6.86. The minimum Gasteiger partial charge on any atom is -0.280 e. The molecule has 15 heavy (non-hydrogen) atoms. The van der Waals surface area contributed by atoms with Crippen LogP contribution in [0.2, 0.25) is 5.02 Å². The van der Waals surface area contributed by atoms with E-state index in [9.17, 15) is 8.42 Å². The number of hydrogen-bond donors (Lipinski definition) is 1. The zero-order valence-corrected chi connectivity index (χ0v) is 9.95. The fourth-order valence-corrected chi connectivity index (χ4v) is 2.49. The second kappa shape index (κ2) is 3.58. The number of nitrogens with zero attached hydrogens (tertiary/aromatic N) is 2. The molecule has 0 bridgehead atoms. The molecule has 0 unspecified atom stereocenters. The highest BCUT2D eigenvalue weighted by Gasteiger charge is 2.13. The highest BCUT2D eigenvalue weighted by Crippen LogP contribution is 2.30. The normalized spacial score (nSPS) is 11.9. The molecule has 1 heterocycles. The van der Waals surface area contributed by atoms with Crippen LogP contribution in [0, 0.1) is 0 Å². The van der Waals surface area contributed by atoms with E-state index in [4.69, 9.17) is 11.6 Å². The Morgan fingerprint density at radius 1 is 1.40 bits per heavy atom. The van der Waals surface area contributed by atoms with Gasteiger partial charge >= 0.3 is 0 Å². The van der Waals surface area contributed by atoms with Crippen molar-refractivity contribution in [2.45, 2.75) is 0 Å². The van der Waals surface area contributed by atoms with Gasteiger partial charge in [0.1, 0.15) is 11.0 Å². The summed E-state index contributed by atoms with van der Waals surface area (Å²) in [7, 11) is -3.37. The highest BCUT2D eigenvalue weighted by molar-refractivity contribution is 7.92. The van der Waals surface area contributed by atoms with Crippen molar-refractivity contribution in [3.63, 3.8) is 0 Å². The molecule has 5 nitrogen and oxygen atoms in total. The average Bonchev–Trinajstić information content (AvgIpc) is 2.56. The van der Waals surface area contributed by atoms with Crippen LogP contribution in [0.25, 0.3) is 11.0 Å². The van der Waals surface area contributed by atoms with Gasteiger partial charge in [-0.2, -0.15) is 8.75 Å². The summed E-state index contributed by atoms with van der Waals surface area (Å²) in [5.74, 6) is 0. The molecule has 1 aromatic carbocycles. The first-order valence-electron chi connectivity index (χ1n) is 3.86. The van der Waals surface area contributed by atoms with Gasteiger partial charge in [-0.3, -0.25) is 4.72 Å². The second-order valence-electron chi connectivity index (χ2n) is 2.93. The lowest BCUT2D eigenvalue weighted by atomic mass is 10.3. The Balaban J connectivity index is 2.67. The molecule has 8 heteroatoms. The van der Waals surface area contributed by atoms with Gasteiger partial charge in [-0.15, -0.1) is 0 Å². The molecule has 0 saturated heterocycles. The van der Waals surface area contributed by atoms with Crippen molar-refractivity contribution in [2.24, 2.45) is 0 Å². The van der Waals surface area contributed by atoms with Crippen molar-refractivity contribution < 1.29 is 8.42 Å². The number of anilines is 1. The maximum absolute atomic E-state index is 11.1. The van der Waals surface area contributed by atoms with Crippen molar-refractivity contribution in [2.75, 3.05) is 11.0 Å². The van der Waals surface area contributed by atoms with E-state index in [2.05, 4.69) is 13.5 Å². The van der Waals surface area contributed by atoms with Crippen LogP contribution in [0.4, 0.5) is 5.69 Å². The van der Waals surface area contributed by atoms with Crippen molar-refractivity contribution in [1.82, 2.24) is 8.75 Å². The predicted octanol–water partition coefficient (Wildman–Crippen LogP) is 1.72. The lowest BCUT2D eigenvalue weighted by molar-refractivity contribution is 0.607. The van der Waals surface area contributed by atoms with Gasteiger partial charge in [-0.1, -0.05) is 11.6 Å². The predicted molar refractivity (Wildman–Crippen MR) is 60.9 cm³/mol. The van der Waals surface area contributed by atoms with Crippen molar-refractivity contribution in [1.29, 1.82) is 0 Å². The first-order chi connectivity index (χ1) is 6.97. The van der Waals surface area contributed by atoms with Crippen LogP contribution in [0.3, 0.4) is 0 Å². The van der Waals surface area contributed by atoms with Crippen LogP contribution in [0.5, 0.6) is 0 Å². The molecule has 0 spiro atoms. The van der Waals surface area contributed by atoms with E-state index in [0.29, 0.717) is 16.1 Å². The Morgan fingerprint density at radius 3 is 2.80 bits per heavy atom. The first kappa shape index (κ1) is 10.6. The lowest BCUT2D eigenvalue weighted by Gasteiger charge is -2.05. The topological polar surface area (TPSA) is 72.0 Å². The number of nitrogens with one attached hydrogen (secondary N) is 1. The summed E-state index contributed by atoms with van der Waals surface area (Å²) in [6.45, 7) is 0. The standard InChI is InChI=1S/C7H6ClN3O2S2/c1-15(12,13)11-6-4(8)2-3-5-7(6)10-14-9-5/h2-3,11H,1H3. The number of rotatable bonds is 2. The van der Waals surface area contributed by atoms with Crippen LogP contribution in [-0.4, -0.2) is 23.4 Å². The van der Waals surface area contributed by atoms with Gasteiger partial charge < -0.3 is 0 Å². The molecule has 0 saturated carbocycles. The zero-order chi connectivity index (χ0) is 11.1. The summed E-state index contributed by atoms with van der Waals surface area (Å²) >= 11 is 6.88. The Hall–Kier alpha value is -0.920. The molecule has 1 aromatic heterocycles. The zero-order valence-electron chi connectivity index (χ0n) is 7.56. The van der Waals surface area contributed by atoms with Gasteiger partial charge in [0.2, 0.25) is 10.0 Å². The second-order valence-corrected chi connectivity index (χ2v) is 5.61. The third-order valence-electron chi connectivity index (χ3n) is 1.66. The van der Waals surface area contributed by atoms with Crippen LogP contribution in [0.1, 0.15) is 0 Å². The Morgan fingerprint density at radius 2 is 2.13 bits per heavy atom. The minimum atomic E-state index is -3.37. The van der Waals surface area contributed by atoms with E-state index >= 15 is 0 Å². The van der Waals surface area contributed by atoms with Gasteiger partial charge in [-0.25, -0.2) is 8.42 Å². The van der Waals surface area contributed by atoms with Crippen LogP contribution in [0.15, 0.2) is 12.1 Å². The monoisotopic (exact) mass is 263 g/mol. The summed E-state index contributed by atoms with van der Waals surface area (Å²) in [5, 5.41) is 0.306. The molecule has 0 amide bonds. The SMILES string of the molecule is CS(=O)(=O)Nc1c(Cl)ccc2nsnc12. The molecule has 0 aliphatic rings. The number of benzene rings is 1. The summed E-state index contributed by atoms with van der Waals surface area (Å²) in [6.07, 6.45) is 1.06. The molecule has 0 aliphatic heterocycles. The molecule has 0 radical (unpaired) electrons. The number of hydrogen-bond acceptors (Lipinski definition) is 5. The molecule has 0 atom stereocenters. The molecular formula is C7H6ClN3O2S2. The van der Waals surface area contributed by atoms with E-state index in [0.717, 1.165) is 18.0 Å². The summed E-state index contributed by atoms with van der Waals surface area (Å²) in [6, 6.07) is 3.27. The van der Waals surface area contributed by atoms with Gasteiger partial charge in [0, 0.05) is 0 Å². The fourth-order valence-electron chi connectivity index (χ4n) is 1.11.